The van der Waals surface area contributed by atoms with Crippen LogP contribution in [0.3, 0.4) is 0 Å². The van der Waals surface area contributed by atoms with Crippen molar-refractivity contribution in [3.8, 4) is 0 Å². The van der Waals surface area contributed by atoms with Gasteiger partial charge in [0.15, 0.2) is 9.84 Å². The van der Waals surface area contributed by atoms with Crippen molar-refractivity contribution in [2.45, 2.75) is 11.5 Å². The van der Waals surface area contributed by atoms with Crippen LogP contribution in [0.25, 0.3) is 0 Å². The second-order valence-corrected chi connectivity index (χ2v) is 7.49. The highest BCUT2D eigenvalue weighted by molar-refractivity contribution is 7.90. The molecule has 0 N–H and O–H groups in total. The van der Waals surface area contributed by atoms with Gasteiger partial charge in [-0.1, -0.05) is 29.3 Å². The maximum Gasteiger partial charge on any atom is 0.338 e. The van der Waals surface area contributed by atoms with Gasteiger partial charge in [0.2, 0.25) is 0 Å². The van der Waals surface area contributed by atoms with Crippen LogP contribution in [0.1, 0.15) is 15.9 Å². The number of benzene rings is 2. The van der Waals surface area contributed by atoms with Crippen LogP contribution in [-0.4, -0.2) is 20.6 Å². The molecule has 0 amide bonds. The van der Waals surface area contributed by atoms with E-state index < -0.39 is 21.6 Å². The molecule has 0 unspecified atom stereocenters. The normalized spacial score (nSPS) is 11.3. The van der Waals surface area contributed by atoms with Gasteiger partial charge in [-0.05, 0) is 30.3 Å². The Bertz CT molecular complexity index is 846. The molecular formula is C15H11Cl2FO4S. The van der Waals surface area contributed by atoms with Crippen LogP contribution in [0.4, 0.5) is 4.39 Å². The molecule has 4 nitrogen and oxygen atoms in total. The summed E-state index contributed by atoms with van der Waals surface area (Å²) >= 11 is 11.6. The summed E-state index contributed by atoms with van der Waals surface area (Å²) in [5.74, 6) is -1.41. The molecule has 0 fully saturated rings. The van der Waals surface area contributed by atoms with Gasteiger partial charge in [-0.3, -0.25) is 0 Å². The monoisotopic (exact) mass is 376 g/mol. The smallest absolute Gasteiger partial charge is 0.338 e. The van der Waals surface area contributed by atoms with E-state index in [1.165, 1.54) is 30.3 Å². The molecule has 8 heteroatoms. The van der Waals surface area contributed by atoms with Crippen LogP contribution in [0.2, 0.25) is 10.0 Å². The Labute approximate surface area is 142 Å². The Morgan fingerprint density at radius 2 is 1.87 bits per heavy atom. The second kappa shape index (κ2) is 6.86. The average Bonchev–Trinajstić information content (AvgIpc) is 2.45. The molecule has 0 radical (unpaired) electrons. The molecule has 0 aliphatic rings. The van der Waals surface area contributed by atoms with Gasteiger partial charge in [0, 0.05) is 11.8 Å². The number of rotatable bonds is 4. The maximum atomic E-state index is 13.6. The van der Waals surface area contributed by atoms with Gasteiger partial charge >= 0.3 is 5.97 Å². The van der Waals surface area contributed by atoms with Crippen molar-refractivity contribution in [2.24, 2.45) is 0 Å². The van der Waals surface area contributed by atoms with Crippen LogP contribution in [-0.2, 0) is 21.2 Å². The quantitative estimate of drug-likeness (QED) is 0.759. The lowest BCUT2D eigenvalue weighted by Crippen LogP contribution is -2.08. The Hall–Kier alpha value is -1.63. The molecule has 2 aromatic rings. The summed E-state index contributed by atoms with van der Waals surface area (Å²) in [5, 5.41) is 0.131. The summed E-state index contributed by atoms with van der Waals surface area (Å²) in [4.78, 5) is 11.8. The van der Waals surface area contributed by atoms with Crippen LogP contribution in [0.15, 0.2) is 41.3 Å². The van der Waals surface area contributed by atoms with Gasteiger partial charge < -0.3 is 4.74 Å². The highest BCUT2D eigenvalue weighted by Gasteiger charge is 2.17. The summed E-state index contributed by atoms with van der Waals surface area (Å²) < 4.78 is 41.8. The van der Waals surface area contributed by atoms with Gasteiger partial charge in [0.1, 0.15) is 12.4 Å². The molecule has 0 aliphatic heterocycles. The third-order valence-corrected chi connectivity index (χ3v) is 4.91. The number of ether oxygens (including phenoxy) is 1. The molecule has 0 atom stereocenters. The highest BCUT2D eigenvalue weighted by atomic mass is 35.5. The topological polar surface area (TPSA) is 60.4 Å². The first kappa shape index (κ1) is 17.7. The van der Waals surface area contributed by atoms with Crippen LogP contribution >= 0.6 is 23.2 Å². The van der Waals surface area contributed by atoms with Gasteiger partial charge in [-0.15, -0.1) is 0 Å². The summed E-state index contributed by atoms with van der Waals surface area (Å²) in [6.45, 7) is -0.374. The number of hydrogen-bond acceptors (Lipinski definition) is 4. The predicted octanol–water partition coefficient (Wildman–Crippen LogP) is 3.89. The summed E-state index contributed by atoms with van der Waals surface area (Å²) in [5.41, 5.74) is 0.0297. The molecule has 23 heavy (non-hydrogen) atoms. The van der Waals surface area contributed by atoms with E-state index in [1.54, 1.807) is 0 Å². The average molecular weight is 377 g/mol. The van der Waals surface area contributed by atoms with Crippen LogP contribution in [0, 0.1) is 5.82 Å². The summed E-state index contributed by atoms with van der Waals surface area (Å²) in [6, 6.07) is 7.81. The fraction of sp³-hybridized carbons (Fsp3) is 0.133. The molecule has 0 bridgehead atoms. The van der Waals surface area contributed by atoms with E-state index in [4.69, 9.17) is 27.9 Å². The Kier molecular flexibility index (Phi) is 5.29. The first-order valence-corrected chi connectivity index (χ1v) is 8.94. The molecular weight excluding hydrogens is 366 g/mol. The lowest BCUT2D eigenvalue weighted by molar-refractivity contribution is 0.0469. The number of halogens is 3. The molecule has 0 spiro atoms. The van der Waals surface area contributed by atoms with Gasteiger partial charge in [-0.2, -0.15) is 0 Å². The first-order valence-electron chi connectivity index (χ1n) is 6.30. The molecule has 0 heterocycles. The molecule has 2 aromatic carbocycles. The Morgan fingerprint density at radius 3 is 2.48 bits per heavy atom. The minimum Gasteiger partial charge on any atom is -0.457 e. The zero-order valence-electron chi connectivity index (χ0n) is 11.8. The molecule has 0 saturated carbocycles. The lowest BCUT2D eigenvalue weighted by Gasteiger charge is -2.09. The van der Waals surface area contributed by atoms with E-state index in [2.05, 4.69) is 0 Å². The number of esters is 1. The SMILES string of the molecule is CS(=O)(=O)c1cc(C(=O)OCc2c(F)cccc2Cl)ccc1Cl. The van der Waals surface area contributed by atoms with Crippen LogP contribution < -0.4 is 0 Å². The summed E-state index contributed by atoms with van der Waals surface area (Å²) in [6.07, 6.45) is 0.975. The van der Waals surface area contributed by atoms with Crippen LogP contribution in [0.5, 0.6) is 0 Å². The molecule has 0 aliphatic carbocycles. The minimum absolute atomic E-state index is 0.00111. The number of sulfone groups is 1. The van der Waals surface area contributed by atoms with Crippen molar-refractivity contribution in [3.05, 3.63) is 63.4 Å². The van der Waals surface area contributed by atoms with Crippen molar-refractivity contribution >= 4 is 39.0 Å². The van der Waals surface area contributed by atoms with E-state index in [1.807, 2.05) is 0 Å². The second-order valence-electron chi connectivity index (χ2n) is 4.69. The largest absolute Gasteiger partial charge is 0.457 e. The van der Waals surface area contributed by atoms with E-state index in [0.717, 1.165) is 12.3 Å². The van der Waals surface area contributed by atoms with Gasteiger partial charge in [0.25, 0.3) is 0 Å². The maximum absolute atomic E-state index is 13.6. The predicted molar refractivity (Wildman–Crippen MR) is 85.1 cm³/mol. The molecule has 122 valence electrons. The van der Waals surface area contributed by atoms with Gasteiger partial charge in [-0.25, -0.2) is 17.6 Å². The first-order chi connectivity index (χ1) is 10.7. The third-order valence-electron chi connectivity index (χ3n) is 2.98. The highest BCUT2D eigenvalue weighted by Crippen LogP contribution is 2.24. The fourth-order valence-electron chi connectivity index (χ4n) is 1.81. The van der Waals surface area contributed by atoms with Crippen molar-refractivity contribution in [2.75, 3.05) is 6.26 Å². The zero-order chi connectivity index (χ0) is 17.2. The Balaban J connectivity index is 2.22. The number of hydrogen-bond donors (Lipinski definition) is 0. The molecule has 0 aromatic heterocycles. The van der Waals surface area contributed by atoms with Gasteiger partial charge in [0.05, 0.1) is 20.5 Å². The minimum atomic E-state index is -3.59. The number of carbonyl (C=O) groups is 1. The summed E-state index contributed by atoms with van der Waals surface area (Å²) in [7, 11) is -3.59. The fourth-order valence-corrected chi connectivity index (χ4v) is 3.32. The number of carbonyl (C=O) groups excluding carboxylic acids is 1. The molecule has 0 saturated heterocycles. The van der Waals surface area contributed by atoms with Crippen molar-refractivity contribution < 1.29 is 22.3 Å². The van der Waals surface area contributed by atoms with E-state index in [0.29, 0.717) is 0 Å². The van der Waals surface area contributed by atoms with E-state index >= 15 is 0 Å². The van der Waals surface area contributed by atoms with E-state index in [-0.39, 0.29) is 32.7 Å². The van der Waals surface area contributed by atoms with E-state index in [9.17, 15) is 17.6 Å². The lowest BCUT2D eigenvalue weighted by atomic mass is 10.2. The zero-order valence-corrected chi connectivity index (χ0v) is 14.2. The van der Waals surface area contributed by atoms with Crippen molar-refractivity contribution in [1.29, 1.82) is 0 Å². The molecule has 2 rings (SSSR count). The standard InChI is InChI=1S/C15H11Cl2FO4S/c1-23(20,21)14-7-9(5-6-12(14)17)15(19)22-8-10-11(16)3-2-4-13(10)18/h2-7H,8H2,1H3. The Morgan fingerprint density at radius 1 is 1.17 bits per heavy atom. The van der Waals surface area contributed by atoms with Crippen molar-refractivity contribution in [3.63, 3.8) is 0 Å². The third kappa shape index (κ3) is 4.22. The van der Waals surface area contributed by atoms with Crippen molar-refractivity contribution in [1.82, 2.24) is 0 Å².